The van der Waals surface area contributed by atoms with Gasteiger partial charge in [-0.15, -0.1) is 11.3 Å². The van der Waals surface area contributed by atoms with E-state index in [0.29, 0.717) is 34.1 Å². The van der Waals surface area contributed by atoms with E-state index in [-0.39, 0.29) is 24.2 Å². The van der Waals surface area contributed by atoms with Crippen LogP contribution in [0.3, 0.4) is 0 Å². The van der Waals surface area contributed by atoms with Crippen LogP contribution in [0.4, 0.5) is 15.3 Å². The topological polar surface area (TPSA) is 97.0 Å². The zero-order chi connectivity index (χ0) is 19.0. The molecule has 4 rings (SSSR count). The van der Waals surface area contributed by atoms with Gasteiger partial charge in [0.2, 0.25) is 5.95 Å². The van der Waals surface area contributed by atoms with Crippen molar-refractivity contribution in [2.75, 3.05) is 24.1 Å². The molecular weight excluding hydrogens is 367 g/mol. The van der Waals surface area contributed by atoms with Crippen molar-refractivity contribution in [1.29, 1.82) is 0 Å². The minimum atomic E-state index is -0.983. The number of carbonyl (C=O) groups excluding carboxylic acids is 1. The molecule has 0 spiro atoms. The maximum Gasteiger partial charge on any atom is 0.274 e. The van der Waals surface area contributed by atoms with E-state index >= 15 is 0 Å². The number of hydrogen-bond acceptors (Lipinski definition) is 7. The number of rotatable bonds is 4. The normalized spacial score (nSPS) is 18.0. The average Bonchev–Trinajstić information content (AvgIpc) is 3.26. The lowest BCUT2D eigenvalue weighted by molar-refractivity contribution is 0.0779. The van der Waals surface area contributed by atoms with Crippen molar-refractivity contribution in [3.63, 3.8) is 0 Å². The molecule has 27 heavy (non-hydrogen) atoms. The maximum atomic E-state index is 13.5. The summed E-state index contributed by atoms with van der Waals surface area (Å²) >= 11 is 1.26. The molecule has 1 amide bonds. The summed E-state index contributed by atoms with van der Waals surface area (Å²) in [5, 5.41) is 3.76. The average molecular weight is 386 g/mol. The van der Waals surface area contributed by atoms with Crippen LogP contribution in [0.2, 0.25) is 0 Å². The Kier molecular flexibility index (Phi) is 4.61. The number of anilines is 2. The van der Waals surface area contributed by atoms with E-state index in [2.05, 4.69) is 20.3 Å². The summed E-state index contributed by atoms with van der Waals surface area (Å²) in [6, 6.07) is 5.42. The third-order valence-electron chi connectivity index (χ3n) is 4.54. The van der Waals surface area contributed by atoms with Crippen molar-refractivity contribution >= 4 is 38.4 Å². The van der Waals surface area contributed by atoms with Crippen molar-refractivity contribution in [2.24, 2.45) is 0 Å². The van der Waals surface area contributed by atoms with Crippen molar-refractivity contribution in [2.45, 2.75) is 25.6 Å². The molecular formula is C18H19FN6OS. The van der Waals surface area contributed by atoms with Crippen molar-refractivity contribution < 1.29 is 9.18 Å². The second kappa shape index (κ2) is 7.07. The molecule has 4 heterocycles. The molecule has 1 aliphatic rings. The number of carbonyl (C=O) groups is 1. The van der Waals surface area contributed by atoms with Crippen LogP contribution < -0.4 is 11.1 Å². The highest BCUT2D eigenvalue weighted by atomic mass is 32.1. The number of halogens is 1. The molecule has 1 fully saturated rings. The molecule has 140 valence electrons. The Bertz CT molecular complexity index is 979. The van der Waals surface area contributed by atoms with Crippen molar-refractivity contribution in [3.05, 3.63) is 41.9 Å². The van der Waals surface area contributed by atoms with E-state index in [0.717, 1.165) is 5.56 Å². The number of aromatic nitrogens is 3. The molecule has 1 saturated heterocycles. The van der Waals surface area contributed by atoms with Gasteiger partial charge in [0.1, 0.15) is 6.17 Å². The zero-order valence-corrected chi connectivity index (χ0v) is 15.5. The van der Waals surface area contributed by atoms with E-state index in [1.807, 2.05) is 19.1 Å². The van der Waals surface area contributed by atoms with Crippen LogP contribution in [0.15, 0.2) is 30.6 Å². The van der Waals surface area contributed by atoms with Crippen LogP contribution >= 0.6 is 11.3 Å². The van der Waals surface area contributed by atoms with E-state index in [1.165, 1.54) is 16.2 Å². The minimum Gasteiger partial charge on any atom is -0.391 e. The summed E-state index contributed by atoms with van der Waals surface area (Å²) in [5.41, 5.74) is 7.75. The Labute approximate surface area is 159 Å². The number of amides is 1. The van der Waals surface area contributed by atoms with E-state index in [1.54, 1.807) is 18.5 Å². The second-order valence-corrected chi connectivity index (χ2v) is 7.63. The third-order valence-corrected chi connectivity index (χ3v) is 5.50. The fraction of sp³-hybridized carbons (Fsp3) is 0.333. The van der Waals surface area contributed by atoms with Gasteiger partial charge in [-0.1, -0.05) is 6.07 Å². The first-order valence-electron chi connectivity index (χ1n) is 8.68. The summed E-state index contributed by atoms with van der Waals surface area (Å²) in [4.78, 5) is 27.5. The number of fused-ring (bicyclic) bond motifs is 1. The molecule has 0 bridgehead atoms. The molecule has 7 nitrogen and oxygen atoms in total. The van der Waals surface area contributed by atoms with Gasteiger partial charge in [0.15, 0.2) is 5.69 Å². The first-order valence-corrected chi connectivity index (χ1v) is 9.50. The van der Waals surface area contributed by atoms with Crippen molar-refractivity contribution in [3.8, 4) is 0 Å². The lowest BCUT2D eigenvalue weighted by Gasteiger charge is -2.17. The van der Waals surface area contributed by atoms with Crippen LogP contribution in [0, 0.1) is 0 Å². The van der Waals surface area contributed by atoms with Gasteiger partial charge in [-0.2, -0.15) is 0 Å². The summed E-state index contributed by atoms with van der Waals surface area (Å²) in [6.45, 7) is 2.45. The van der Waals surface area contributed by atoms with Gasteiger partial charge >= 0.3 is 0 Å². The lowest BCUT2D eigenvalue weighted by atomic mass is 10.1. The number of nitrogens with one attached hydrogen (secondary N) is 1. The number of likely N-dealkylation sites (tertiary alicyclic amines) is 1. The predicted octanol–water partition coefficient (Wildman–Crippen LogP) is 3.03. The molecule has 3 aromatic heterocycles. The van der Waals surface area contributed by atoms with Crippen LogP contribution in [0.5, 0.6) is 0 Å². The van der Waals surface area contributed by atoms with Crippen LogP contribution in [-0.4, -0.2) is 45.0 Å². The molecule has 2 unspecified atom stereocenters. The Hall–Kier alpha value is -2.81. The number of hydrogen-bond donors (Lipinski definition) is 2. The molecule has 2 atom stereocenters. The van der Waals surface area contributed by atoms with Gasteiger partial charge in [-0.25, -0.2) is 14.4 Å². The molecule has 9 heteroatoms. The SMILES string of the molecule is CC(Nc1nc(C(=O)N2CCC(F)C2)c2sc(N)cc2n1)c1cccnc1. The van der Waals surface area contributed by atoms with Gasteiger partial charge in [0, 0.05) is 18.9 Å². The van der Waals surface area contributed by atoms with Gasteiger partial charge in [-0.05, 0) is 31.0 Å². The molecule has 0 aromatic carbocycles. The predicted molar refractivity (Wildman–Crippen MR) is 104 cm³/mol. The van der Waals surface area contributed by atoms with Gasteiger partial charge in [0.25, 0.3) is 5.91 Å². The van der Waals surface area contributed by atoms with E-state index in [4.69, 9.17) is 5.73 Å². The summed E-state index contributed by atoms with van der Waals surface area (Å²) in [7, 11) is 0. The monoisotopic (exact) mass is 386 g/mol. The molecule has 1 aliphatic heterocycles. The van der Waals surface area contributed by atoms with Crippen LogP contribution in [0.25, 0.3) is 10.2 Å². The highest BCUT2D eigenvalue weighted by Crippen LogP contribution is 2.31. The highest BCUT2D eigenvalue weighted by molar-refractivity contribution is 7.22. The van der Waals surface area contributed by atoms with Crippen LogP contribution in [0.1, 0.15) is 35.4 Å². The standard InChI is InChI=1S/C18H19FN6OS/c1-10(11-3-2-5-21-8-11)22-18-23-13-7-14(20)27-16(13)15(24-18)17(26)25-6-4-12(19)9-25/h2-3,5,7-8,10,12H,4,6,9,20H2,1H3,(H,22,23,24). The highest BCUT2D eigenvalue weighted by Gasteiger charge is 2.29. The fourth-order valence-electron chi connectivity index (χ4n) is 3.12. The van der Waals surface area contributed by atoms with Gasteiger partial charge in [-0.3, -0.25) is 9.78 Å². The number of nitrogens with two attached hydrogens (primary N) is 1. The van der Waals surface area contributed by atoms with E-state index in [9.17, 15) is 9.18 Å². The Balaban J connectivity index is 1.69. The second-order valence-electron chi connectivity index (χ2n) is 6.55. The quantitative estimate of drug-likeness (QED) is 0.715. The minimum absolute atomic E-state index is 0.0973. The number of pyridine rings is 1. The zero-order valence-electron chi connectivity index (χ0n) is 14.7. The molecule has 3 N–H and O–H groups in total. The van der Waals surface area contributed by atoms with Gasteiger partial charge < -0.3 is 16.0 Å². The first-order chi connectivity index (χ1) is 13.0. The molecule has 0 aliphatic carbocycles. The number of nitrogens with zero attached hydrogens (tertiary/aromatic N) is 4. The van der Waals surface area contributed by atoms with E-state index < -0.39 is 6.17 Å². The molecule has 3 aromatic rings. The lowest BCUT2D eigenvalue weighted by Crippen LogP contribution is -2.30. The number of alkyl halides is 1. The number of nitrogen functional groups attached to an aromatic ring is 1. The summed E-state index contributed by atoms with van der Waals surface area (Å²) < 4.78 is 14.2. The number of thiophene rings is 1. The third kappa shape index (κ3) is 3.55. The Morgan fingerprint density at radius 2 is 2.33 bits per heavy atom. The van der Waals surface area contributed by atoms with Gasteiger partial charge in [0.05, 0.1) is 27.8 Å². The molecule has 0 saturated carbocycles. The smallest absolute Gasteiger partial charge is 0.274 e. The van der Waals surface area contributed by atoms with Crippen molar-refractivity contribution in [1.82, 2.24) is 19.9 Å². The molecule has 0 radical (unpaired) electrons. The van der Waals surface area contributed by atoms with Crippen LogP contribution in [-0.2, 0) is 0 Å². The Morgan fingerprint density at radius 3 is 3.04 bits per heavy atom. The maximum absolute atomic E-state index is 13.5. The summed E-state index contributed by atoms with van der Waals surface area (Å²) in [6.07, 6.45) is 2.84. The summed E-state index contributed by atoms with van der Waals surface area (Å²) in [5.74, 6) is 0.0393. The fourth-order valence-corrected chi connectivity index (χ4v) is 3.96. The first kappa shape index (κ1) is 17.6. The largest absolute Gasteiger partial charge is 0.391 e. The Morgan fingerprint density at radius 1 is 1.48 bits per heavy atom.